The Hall–Kier alpha value is -1.45. The van der Waals surface area contributed by atoms with Crippen LogP contribution in [0.4, 0.5) is 0 Å². The number of hydrogen-bond acceptors (Lipinski definition) is 5. The zero-order chi connectivity index (χ0) is 14.8. The van der Waals surface area contributed by atoms with Crippen molar-refractivity contribution in [1.29, 1.82) is 0 Å². The molecule has 0 aliphatic carbocycles. The zero-order valence-electron chi connectivity index (χ0n) is 10.7. The van der Waals surface area contributed by atoms with Crippen LogP contribution in [0.5, 0.6) is 0 Å². The molecule has 0 spiro atoms. The average molecular weight is 306 g/mol. The van der Waals surface area contributed by atoms with Crippen molar-refractivity contribution in [1.82, 2.24) is 9.21 Å². The summed E-state index contributed by atoms with van der Waals surface area (Å²) in [4.78, 5) is 23.4. The maximum atomic E-state index is 12.0. The van der Waals surface area contributed by atoms with Crippen LogP contribution in [-0.4, -0.2) is 62.3 Å². The van der Waals surface area contributed by atoms with Crippen LogP contribution in [0.2, 0.25) is 0 Å². The molecule has 1 rings (SSSR count). The third-order valence-electron chi connectivity index (χ3n) is 2.30. The number of aliphatic carboxylic acids is 1. The summed E-state index contributed by atoms with van der Waals surface area (Å²) in [6.07, 6.45) is 0. The molecular weight excluding hydrogens is 292 g/mol. The van der Waals surface area contributed by atoms with Crippen LogP contribution in [0.1, 0.15) is 9.67 Å². The molecule has 0 bridgehead atoms. The molecule has 9 heteroatoms. The van der Waals surface area contributed by atoms with Gasteiger partial charge in [0.25, 0.3) is 5.91 Å². The molecule has 0 aliphatic rings. The number of sulfonamides is 1. The number of carbonyl (C=O) groups is 2. The fourth-order valence-corrected chi connectivity index (χ4v) is 3.58. The number of carboxylic acids is 1. The first kappa shape index (κ1) is 15.6. The van der Waals surface area contributed by atoms with Gasteiger partial charge in [0.2, 0.25) is 10.0 Å². The molecular formula is C10H14N2O5S2. The van der Waals surface area contributed by atoms with Crippen molar-refractivity contribution in [2.24, 2.45) is 0 Å². The van der Waals surface area contributed by atoms with Gasteiger partial charge in [-0.15, -0.1) is 11.3 Å². The van der Waals surface area contributed by atoms with E-state index in [2.05, 4.69) is 0 Å². The normalized spacial score (nSPS) is 11.6. The lowest BCUT2D eigenvalue weighted by atomic mass is 10.4. The quantitative estimate of drug-likeness (QED) is 0.836. The molecule has 1 aromatic heterocycles. The maximum Gasteiger partial charge on any atom is 0.323 e. The molecule has 0 atom stereocenters. The Morgan fingerprint density at radius 2 is 1.89 bits per heavy atom. The van der Waals surface area contributed by atoms with Crippen LogP contribution in [0.15, 0.2) is 16.3 Å². The van der Waals surface area contributed by atoms with Gasteiger partial charge in [-0.25, -0.2) is 12.7 Å². The summed E-state index contributed by atoms with van der Waals surface area (Å²) >= 11 is 0.967. The molecule has 0 saturated carbocycles. The van der Waals surface area contributed by atoms with Crippen LogP contribution >= 0.6 is 11.3 Å². The summed E-state index contributed by atoms with van der Waals surface area (Å²) in [5, 5.41) is 10.1. The number of likely N-dealkylation sites (N-methyl/N-ethyl adjacent to an activating group) is 1. The standard InChI is InChI=1S/C10H14N2O5S2/c1-11(2)19(16,17)7-4-5-18-9(7)10(15)12(3)6-8(13)14/h4-5H,6H2,1-3H3,(H,13,14). The van der Waals surface area contributed by atoms with Gasteiger partial charge >= 0.3 is 5.97 Å². The largest absolute Gasteiger partial charge is 0.480 e. The SMILES string of the molecule is CN(CC(=O)O)C(=O)c1sccc1S(=O)(=O)N(C)C. The molecule has 1 heterocycles. The monoisotopic (exact) mass is 306 g/mol. The first-order chi connectivity index (χ1) is 8.67. The van der Waals surface area contributed by atoms with E-state index in [0.29, 0.717) is 0 Å². The van der Waals surface area contributed by atoms with Crippen molar-refractivity contribution in [3.8, 4) is 0 Å². The van der Waals surface area contributed by atoms with E-state index in [-0.39, 0.29) is 9.77 Å². The van der Waals surface area contributed by atoms with Crippen molar-refractivity contribution in [3.63, 3.8) is 0 Å². The molecule has 0 fully saturated rings. The van der Waals surface area contributed by atoms with E-state index in [0.717, 1.165) is 20.5 Å². The van der Waals surface area contributed by atoms with Crippen LogP contribution in [0, 0.1) is 0 Å². The number of thiophene rings is 1. The Morgan fingerprint density at radius 1 is 1.32 bits per heavy atom. The minimum atomic E-state index is -3.72. The molecule has 0 saturated heterocycles. The smallest absolute Gasteiger partial charge is 0.323 e. The number of carbonyl (C=O) groups excluding carboxylic acids is 1. The van der Waals surface area contributed by atoms with Gasteiger partial charge in [0.1, 0.15) is 16.3 Å². The Bertz CT molecular complexity index is 591. The van der Waals surface area contributed by atoms with Crippen molar-refractivity contribution in [2.45, 2.75) is 4.90 Å². The zero-order valence-corrected chi connectivity index (χ0v) is 12.3. The summed E-state index contributed by atoms with van der Waals surface area (Å²) in [5.74, 6) is -1.79. The molecule has 0 unspecified atom stereocenters. The molecule has 106 valence electrons. The fourth-order valence-electron chi connectivity index (χ4n) is 1.30. The highest BCUT2D eigenvalue weighted by atomic mass is 32.2. The van der Waals surface area contributed by atoms with Crippen molar-refractivity contribution in [3.05, 3.63) is 16.3 Å². The number of amides is 1. The highest BCUT2D eigenvalue weighted by molar-refractivity contribution is 7.89. The van der Waals surface area contributed by atoms with Crippen LogP contribution in [-0.2, 0) is 14.8 Å². The van der Waals surface area contributed by atoms with Gasteiger partial charge < -0.3 is 10.0 Å². The molecule has 19 heavy (non-hydrogen) atoms. The lowest BCUT2D eigenvalue weighted by Crippen LogP contribution is -2.33. The second kappa shape index (κ2) is 5.68. The first-order valence-corrected chi connectivity index (χ1v) is 7.47. The van der Waals surface area contributed by atoms with E-state index in [1.54, 1.807) is 0 Å². The molecule has 7 nitrogen and oxygen atoms in total. The summed E-state index contributed by atoms with van der Waals surface area (Å²) < 4.78 is 25.0. The second-order valence-corrected chi connectivity index (χ2v) is 6.99. The van der Waals surface area contributed by atoms with E-state index >= 15 is 0 Å². The van der Waals surface area contributed by atoms with E-state index in [4.69, 9.17) is 5.11 Å². The predicted molar refractivity (Wildman–Crippen MR) is 69.8 cm³/mol. The van der Waals surface area contributed by atoms with Crippen molar-refractivity contribution in [2.75, 3.05) is 27.7 Å². The molecule has 0 aliphatic heterocycles. The average Bonchev–Trinajstić information content (AvgIpc) is 2.75. The van der Waals surface area contributed by atoms with E-state index in [9.17, 15) is 18.0 Å². The summed E-state index contributed by atoms with van der Waals surface area (Å²) in [6, 6.07) is 1.34. The van der Waals surface area contributed by atoms with Gasteiger partial charge in [0, 0.05) is 21.1 Å². The van der Waals surface area contributed by atoms with Crippen LogP contribution in [0.25, 0.3) is 0 Å². The van der Waals surface area contributed by atoms with Gasteiger partial charge in [-0.2, -0.15) is 0 Å². The summed E-state index contributed by atoms with van der Waals surface area (Å²) in [5.41, 5.74) is 0. The minimum Gasteiger partial charge on any atom is -0.480 e. The highest BCUT2D eigenvalue weighted by Crippen LogP contribution is 2.25. The van der Waals surface area contributed by atoms with Crippen molar-refractivity contribution < 1.29 is 23.1 Å². The first-order valence-electron chi connectivity index (χ1n) is 5.15. The Labute approximate surface area is 115 Å². The summed E-state index contributed by atoms with van der Waals surface area (Å²) in [7, 11) is 0.312. The molecule has 1 amide bonds. The number of rotatable bonds is 5. The predicted octanol–water partition coefficient (Wildman–Crippen LogP) is 0.155. The van der Waals surface area contributed by atoms with E-state index in [1.807, 2.05) is 0 Å². The van der Waals surface area contributed by atoms with Gasteiger partial charge in [0.15, 0.2) is 0 Å². The third kappa shape index (κ3) is 3.31. The molecule has 0 aromatic carbocycles. The molecule has 1 aromatic rings. The lowest BCUT2D eigenvalue weighted by Gasteiger charge is -2.16. The number of hydrogen-bond donors (Lipinski definition) is 1. The number of nitrogens with zero attached hydrogens (tertiary/aromatic N) is 2. The van der Waals surface area contributed by atoms with Gasteiger partial charge in [-0.05, 0) is 11.4 Å². The third-order valence-corrected chi connectivity index (χ3v) is 5.19. The Kier molecular flexibility index (Phi) is 4.66. The lowest BCUT2D eigenvalue weighted by molar-refractivity contribution is -0.137. The Balaban J connectivity index is 3.15. The minimum absolute atomic E-state index is 0.0115. The van der Waals surface area contributed by atoms with Gasteiger partial charge in [-0.1, -0.05) is 0 Å². The molecule has 0 radical (unpaired) electrons. The van der Waals surface area contributed by atoms with Crippen LogP contribution in [0.3, 0.4) is 0 Å². The fraction of sp³-hybridized carbons (Fsp3) is 0.400. The van der Waals surface area contributed by atoms with Crippen molar-refractivity contribution >= 4 is 33.2 Å². The topological polar surface area (TPSA) is 95.0 Å². The number of carboxylic acid groups (broad SMARTS) is 1. The highest BCUT2D eigenvalue weighted by Gasteiger charge is 2.27. The van der Waals surface area contributed by atoms with Gasteiger partial charge in [-0.3, -0.25) is 9.59 Å². The van der Waals surface area contributed by atoms with Crippen LogP contribution < -0.4 is 0 Å². The molecule has 1 N–H and O–H groups in total. The van der Waals surface area contributed by atoms with E-state index in [1.165, 1.54) is 32.6 Å². The van der Waals surface area contributed by atoms with Gasteiger partial charge in [0.05, 0.1) is 0 Å². The summed E-state index contributed by atoms with van der Waals surface area (Å²) in [6.45, 7) is -0.488. The maximum absolute atomic E-state index is 12.0. The Morgan fingerprint density at radius 3 is 2.37 bits per heavy atom. The second-order valence-electron chi connectivity index (χ2n) is 3.96. The van der Waals surface area contributed by atoms with E-state index < -0.39 is 28.4 Å².